The van der Waals surface area contributed by atoms with E-state index < -0.39 is 0 Å². The standard InChI is InChI=1S/C16H30O2.C10H10/c1-7-15(17)18-11-9-8-10-14(12-13(2)3)16(4,5)6;1-3-9-5-7-10(4-2)8-6-9/h7,13-14H,1,8-12H2,2-6H3;3-8H,1-2H2. The molecule has 0 bridgehead atoms. The molecule has 0 saturated heterocycles. The minimum atomic E-state index is -0.315. The van der Waals surface area contributed by atoms with Crippen LogP contribution < -0.4 is 0 Å². The number of benzene rings is 1. The molecule has 2 heteroatoms. The van der Waals surface area contributed by atoms with Crippen molar-refractivity contribution in [2.45, 2.75) is 60.3 Å². The Labute approximate surface area is 173 Å². The SMILES string of the molecule is C=CC(=O)OCCCCC(CC(C)C)C(C)(C)C.C=Cc1ccc(C=C)cc1. The van der Waals surface area contributed by atoms with Crippen LogP contribution in [0.2, 0.25) is 0 Å². The van der Waals surface area contributed by atoms with Gasteiger partial charge in [-0.1, -0.05) is 90.8 Å². The Morgan fingerprint density at radius 2 is 1.50 bits per heavy atom. The second kappa shape index (κ2) is 14.0. The van der Waals surface area contributed by atoms with Gasteiger partial charge >= 0.3 is 5.97 Å². The number of carbonyl (C=O) groups excluding carboxylic acids is 1. The Morgan fingerprint density at radius 3 is 1.86 bits per heavy atom. The molecule has 28 heavy (non-hydrogen) atoms. The van der Waals surface area contributed by atoms with Gasteiger partial charge in [0.25, 0.3) is 0 Å². The summed E-state index contributed by atoms with van der Waals surface area (Å²) in [6, 6.07) is 8.07. The van der Waals surface area contributed by atoms with Crippen molar-refractivity contribution >= 4 is 18.1 Å². The maximum Gasteiger partial charge on any atom is 0.330 e. The number of esters is 1. The molecule has 1 atom stereocenters. The summed E-state index contributed by atoms with van der Waals surface area (Å²) in [5, 5.41) is 0. The first-order valence-corrected chi connectivity index (χ1v) is 10.3. The largest absolute Gasteiger partial charge is 0.463 e. The van der Waals surface area contributed by atoms with Gasteiger partial charge in [0.05, 0.1) is 6.61 Å². The van der Waals surface area contributed by atoms with Crippen molar-refractivity contribution in [1.29, 1.82) is 0 Å². The second-order valence-electron chi connectivity index (χ2n) is 8.63. The third kappa shape index (κ3) is 12.3. The molecule has 0 saturated carbocycles. The highest BCUT2D eigenvalue weighted by atomic mass is 16.5. The van der Waals surface area contributed by atoms with E-state index >= 15 is 0 Å². The van der Waals surface area contributed by atoms with Crippen molar-refractivity contribution in [2.75, 3.05) is 6.61 Å². The predicted octanol–water partition coefficient (Wildman–Crippen LogP) is 7.57. The molecule has 0 amide bonds. The molecular weight excluding hydrogens is 344 g/mol. The van der Waals surface area contributed by atoms with Gasteiger partial charge in [0.15, 0.2) is 0 Å². The molecule has 0 aliphatic heterocycles. The van der Waals surface area contributed by atoms with Crippen molar-refractivity contribution in [1.82, 2.24) is 0 Å². The first-order valence-electron chi connectivity index (χ1n) is 10.3. The molecule has 1 aromatic rings. The minimum absolute atomic E-state index is 0.315. The molecule has 0 radical (unpaired) electrons. The van der Waals surface area contributed by atoms with Gasteiger partial charge in [-0.3, -0.25) is 0 Å². The van der Waals surface area contributed by atoms with Crippen LogP contribution in [0.3, 0.4) is 0 Å². The van der Waals surface area contributed by atoms with E-state index in [1.165, 1.54) is 18.9 Å². The lowest BCUT2D eigenvalue weighted by Gasteiger charge is -2.32. The molecule has 1 rings (SSSR count). The molecule has 0 aliphatic carbocycles. The average Bonchev–Trinajstić information content (AvgIpc) is 2.66. The lowest BCUT2D eigenvalue weighted by Crippen LogP contribution is -2.22. The molecule has 1 aromatic carbocycles. The van der Waals surface area contributed by atoms with Crippen molar-refractivity contribution in [2.24, 2.45) is 17.3 Å². The summed E-state index contributed by atoms with van der Waals surface area (Å²) in [6.45, 7) is 22.7. The van der Waals surface area contributed by atoms with Crippen LogP contribution in [0.1, 0.15) is 71.4 Å². The van der Waals surface area contributed by atoms with E-state index in [-0.39, 0.29) is 5.97 Å². The highest BCUT2D eigenvalue weighted by Crippen LogP contribution is 2.35. The Hall–Kier alpha value is -2.09. The van der Waals surface area contributed by atoms with E-state index in [1.807, 2.05) is 36.4 Å². The number of rotatable bonds is 10. The van der Waals surface area contributed by atoms with Crippen LogP contribution in [0.25, 0.3) is 12.2 Å². The van der Waals surface area contributed by atoms with Crippen molar-refractivity contribution in [3.63, 3.8) is 0 Å². The zero-order valence-corrected chi connectivity index (χ0v) is 18.7. The zero-order valence-electron chi connectivity index (χ0n) is 18.7. The summed E-state index contributed by atoms with van der Waals surface area (Å²) in [4.78, 5) is 10.9. The Kier molecular flexibility index (Phi) is 12.9. The first-order chi connectivity index (χ1) is 13.1. The summed E-state index contributed by atoms with van der Waals surface area (Å²) in [5.41, 5.74) is 2.65. The lowest BCUT2D eigenvalue weighted by molar-refractivity contribution is -0.137. The van der Waals surface area contributed by atoms with Crippen LogP contribution in [-0.2, 0) is 9.53 Å². The number of carbonyl (C=O) groups is 1. The molecule has 156 valence electrons. The maximum absolute atomic E-state index is 10.9. The van der Waals surface area contributed by atoms with Gasteiger partial charge in [-0.15, -0.1) is 0 Å². The van der Waals surface area contributed by atoms with Crippen LogP contribution in [0, 0.1) is 17.3 Å². The summed E-state index contributed by atoms with van der Waals surface area (Å²) < 4.78 is 4.98. The summed E-state index contributed by atoms with van der Waals surface area (Å²) >= 11 is 0. The number of hydrogen-bond acceptors (Lipinski definition) is 2. The monoisotopic (exact) mass is 384 g/mol. The van der Waals surface area contributed by atoms with Crippen LogP contribution in [-0.4, -0.2) is 12.6 Å². The van der Waals surface area contributed by atoms with E-state index in [0.29, 0.717) is 12.0 Å². The molecule has 0 heterocycles. The van der Waals surface area contributed by atoms with Gasteiger partial charge in [-0.2, -0.15) is 0 Å². The maximum atomic E-state index is 10.9. The normalized spacial score (nSPS) is 11.8. The minimum Gasteiger partial charge on any atom is -0.463 e. The molecular formula is C26H40O2. The fourth-order valence-electron chi connectivity index (χ4n) is 2.97. The molecule has 2 nitrogen and oxygen atoms in total. The quantitative estimate of drug-likeness (QED) is 0.236. The number of hydrogen-bond donors (Lipinski definition) is 0. The molecule has 0 aromatic heterocycles. The fraction of sp³-hybridized carbons (Fsp3) is 0.500. The summed E-state index contributed by atoms with van der Waals surface area (Å²) in [5.74, 6) is 1.17. The third-order valence-corrected chi connectivity index (χ3v) is 4.75. The predicted molar refractivity (Wildman–Crippen MR) is 124 cm³/mol. The van der Waals surface area contributed by atoms with Crippen LogP contribution >= 0.6 is 0 Å². The van der Waals surface area contributed by atoms with E-state index in [4.69, 9.17) is 4.74 Å². The van der Waals surface area contributed by atoms with E-state index in [1.54, 1.807) is 0 Å². The zero-order chi connectivity index (χ0) is 21.6. The Morgan fingerprint density at radius 1 is 1.00 bits per heavy atom. The number of ether oxygens (including phenoxy) is 1. The molecule has 0 N–H and O–H groups in total. The summed E-state index contributed by atoms with van der Waals surface area (Å²) in [6.07, 6.45) is 9.43. The highest BCUT2D eigenvalue weighted by Gasteiger charge is 2.24. The van der Waals surface area contributed by atoms with Gasteiger partial charge in [-0.25, -0.2) is 4.79 Å². The van der Waals surface area contributed by atoms with E-state index in [2.05, 4.69) is 54.4 Å². The van der Waals surface area contributed by atoms with E-state index in [9.17, 15) is 4.79 Å². The average molecular weight is 385 g/mol. The van der Waals surface area contributed by atoms with Crippen LogP contribution in [0.5, 0.6) is 0 Å². The third-order valence-electron chi connectivity index (χ3n) is 4.75. The van der Waals surface area contributed by atoms with Crippen LogP contribution in [0.4, 0.5) is 0 Å². The molecule has 1 unspecified atom stereocenters. The van der Waals surface area contributed by atoms with E-state index in [0.717, 1.165) is 35.8 Å². The van der Waals surface area contributed by atoms with Gasteiger partial charge in [0, 0.05) is 6.08 Å². The second-order valence-corrected chi connectivity index (χ2v) is 8.63. The Balaban J connectivity index is 0.000000609. The number of unbranched alkanes of at least 4 members (excludes halogenated alkanes) is 1. The van der Waals surface area contributed by atoms with Crippen molar-refractivity contribution in [3.8, 4) is 0 Å². The van der Waals surface area contributed by atoms with Crippen LogP contribution in [0.15, 0.2) is 50.1 Å². The van der Waals surface area contributed by atoms with Gasteiger partial charge < -0.3 is 4.74 Å². The molecule has 0 aliphatic rings. The van der Waals surface area contributed by atoms with Crippen molar-refractivity contribution < 1.29 is 9.53 Å². The molecule has 0 fully saturated rings. The summed E-state index contributed by atoms with van der Waals surface area (Å²) in [7, 11) is 0. The lowest BCUT2D eigenvalue weighted by atomic mass is 9.74. The molecule has 0 spiro atoms. The van der Waals surface area contributed by atoms with Gasteiger partial charge in [0.1, 0.15) is 0 Å². The fourth-order valence-corrected chi connectivity index (χ4v) is 2.97. The van der Waals surface area contributed by atoms with Crippen molar-refractivity contribution in [3.05, 3.63) is 61.2 Å². The smallest absolute Gasteiger partial charge is 0.330 e. The first kappa shape index (κ1) is 25.9. The Bertz CT molecular complexity index is 561. The van der Waals surface area contributed by atoms with Gasteiger partial charge in [0.2, 0.25) is 0 Å². The highest BCUT2D eigenvalue weighted by molar-refractivity contribution is 5.81. The topological polar surface area (TPSA) is 26.3 Å². The van der Waals surface area contributed by atoms with Gasteiger partial charge in [-0.05, 0) is 54.1 Å².